The second-order valence-corrected chi connectivity index (χ2v) is 7.54. The lowest BCUT2D eigenvalue weighted by Crippen LogP contribution is -2.26. The maximum Gasteiger partial charge on any atom is 0.257 e. The molecule has 0 aliphatic heterocycles. The fraction of sp³-hybridized carbons (Fsp3) is 0.571. The summed E-state index contributed by atoms with van der Waals surface area (Å²) < 4.78 is 25.2. The third-order valence-electron chi connectivity index (χ3n) is 3.90. The summed E-state index contributed by atoms with van der Waals surface area (Å²) in [5, 5.41) is 2.78. The van der Waals surface area contributed by atoms with Gasteiger partial charge in [-0.3, -0.25) is 4.79 Å². The average molecular weight is 311 g/mol. The van der Waals surface area contributed by atoms with Crippen LogP contribution in [0.15, 0.2) is 23.4 Å². The highest BCUT2D eigenvalue weighted by Crippen LogP contribution is 2.43. The maximum atomic E-state index is 12.0. The Morgan fingerprint density at radius 3 is 2.62 bits per heavy atom. The molecular weight excluding hydrogens is 290 g/mol. The van der Waals surface area contributed by atoms with Crippen molar-refractivity contribution < 1.29 is 13.2 Å². The van der Waals surface area contributed by atoms with Gasteiger partial charge in [0, 0.05) is 12.7 Å². The zero-order chi connectivity index (χ0) is 15.6. The van der Waals surface area contributed by atoms with Crippen molar-refractivity contribution in [3.63, 3.8) is 0 Å². The van der Waals surface area contributed by atoms with Gasteiger partial charge in [0.05, 0.1) is 5.56 Å². The van der Waals surface area contributed by atoms with E-state index in [1.54, 1.807) is 0 Å². The summed E-state index contributed by atoms with van der Waals surface area (Å²) in [5.74, 6) is 1.70. The summed E-state index contributed by atoms with van der Waals surface area (Å²) in [6, 6.07) is 2.80. The average Bonchev–Trinajstić information content (AvgIpc) is 3.24. The zero-order valence-corrected chi connectivity index (χ0v) is 13.3. The second kappa shape index (κ2) is 6.11. The molecular formula is C14H21N3O3S. The lowest BCUT2D eigenvalue weighted by atomic mass is 10.1. The van der Waals surface area contributed by atoms with Crippen LogP contribution in [0.4, 0.5) is 0 Å². The summed E-state index contributed by atoms with van der Waals surface area (Å²) in [6.45, 7) is 5.05. The normalized spacial score (nSPS) is 21.3. The summed E-state index contributed by atoms with van der Waals surface area (Å²) in [7, 11) is -2.25. The number of nitrogens with one attached hydrogen (secondary N) is 2. The van der Waals surface area contributed by atoms with E-state index < -0.39 is 10.0 Å². The predicted octanol–water partition coefficient (Wildman–Crippen LogP) is 1.01. The van der Waals surface area contributed by atoms with Crippen LogP contribution in [0.5, 0.6) is 0 Å². The van der Waals surface area contributed by atoms with Crippen molar-refractivity contribution in [1.82, 2.24) is 15.0 Å². The summed E-state index contributed by atoms with van der Waals surface area (Å²) in [5.41, 5.74) is 0.367. The molecule has 1 aromatic heterocycles. The molecule has 1 aliphatic carbocycles. The highest BCUT2D eigenvalue weighted by atomic mass is 32.2. The molecule has 116 valence electrons. The molecule has 1 fully saturated rings. The van der Waals surface area contributed by atoms with E-state index in [0.29, 0.717) is 29.9 Å². The Morgan fingerprint density at radius 2 is 2.14 bits per heavy atom. The van der Waals surface area contributed by atoms with Gasteiger partial charge in [0.1, 0.15) is 0 Å². The van der Waals surface area contributed by atoms with Crippen LogP contribution < -0.4 is 10.0 Å². The number of hydrogen-bond donors (Lipinski definition) is 2. The Bertz CT molecular complexity index is 611. The minimum absolute atomic E-state index is 0.0939. The van der Waals surface area contributed by atoms with E-state index in [-0.39, 0.29) is 10.9 Å². The zero-order valence-electron chi connectivity index (χ0n) is 12.5. The minimum atomic E-state index is -3.57. The molecule has 7 heteroatoms. The van der Waals surface area contributed by atoms with Gasteiger partial charge < -0.3 is 5.32 Å². The molecule has 1 heterocycles. The molecule has 0 spiro atoms. The van der Waals surface area contributed by atoms with E-state index in [1.165, 1.54) is 25.4 Å². The molecule has 0 aromatic carbocycles. The number of aromatic nitrogens is 1. The molecule has 0 bridgehead atoms. The fourth-order valence-corrected chi connectivity index (χ4v) is 3.07. The topological polar surface area (TPSA) is 88.2 Å². The van der Waals surface area contributed by atoms with Crippen molar-refractivity contribution in [2.24, 2.45) is 17.8 Å². The number of sulfonamides is 1. The fourth-order valence-electron chi connectivity index (χ4n) is 2.43. The first kappa shape index (κ1) is 15.9. The first-order valence-corrected chi connectivity index (χ1v) is 8.51. The summed E-state index contributed by atoms with van der Waals surface area (Å²) in [6.07, 6.45) is 2.45. The molecule has 2 rings (SSSR count). The Morgan fingerprint density at radius 1 is 1.43 bits per heavy atom. The molecule has 2 N–H and O–H groups in total. The van der Waals surface area contributed by atoms with Gasteiger partial charge >= 0.3 is 0 Å². The summed E-state index contributed by atoms with van der Waals surface area (Å²) >= 11 is 0. The molecule has 0 unspecified atom stereocenters. The molecule has 2 atom stereocenters. The second-order valence-electron chi connectivity index (χ2n) is 5.71. The molecule has 0 radical (unpaired) electrons. The Hall–Kier alpha value is -1.47. The predicted molar refractivity (Wildman–Crippen MR) is 79.3 cm³/mol. The van der Waals surface area contributed by atoms with Crippen LogP contribution in [0, 0.1) is 17.8 Å². The monoisotopic (exact) mass is 311 g/mol. The van der Waals surface area contributed by atoms with Crippen LogP contribution in [0.1, 0.15) is 30.6 Å². The molecule has 0 saturated heterocycles. The van der Waals surface area contributed by atoms with Crippen molar-refractivity contribution in [1.29, 1.82) is 0 Å². The van der Waals surface area contributed by atoms with Crippen LogP contribution in [0.25, 0.3) is 0 Å². The van der Waals surface area contributed by atoms with Gasteiger partial charge in [-0.25, -0.2) is 18.1 Å². The standard InChI is InChI=1S/C14H21N3O3S/c1-9(2)12-6-11(12)8-17-14(18)10-4-5-13(16-7-10)21(19,20)15-3/h4-5,7,9,11-12,15H,6,8H2,1-3H3,(H,17,18)/t11-,12-/m0/s1. The maximum absolute atomic E-state index is 12.0. The first-order valence-electron chi connectivity index (χ1n) is 7.03. The van der Waals surface area contributed by atoms with Gasteiger partial charge in [0.25, 0.3) is 15.9 Å². The van der Waals surface area contributed by atoms with Crippen LogP contribution in [0.2, 0.25) is 0 Å². The van der Waals surface area contributed by atoms with Crippen LogP contribution in [0.3, 0.4) is 0 Å². The molecule has 6 nitrogen and oxygen atoms in total. The molecule has 1 aromatic rings. The van der Waals surface area contributed by atoms with Gasteiger partial charge in [-0.2, -0.15) is 0 Å². The Kier molecular flexibility index (Phi) is 4.63. The lowest BCUT2D eigenvalue weighted by Gasteiger charge is -2.07. The SMILES string of the molecule is CNS(=O)(=O)c1ccc(C(=O)NC[C@@H]2C[C@H]2C(C)C)cn1. The quantitative estimate of drug-likeness (QED) is 0.821. The van der Waals surface area contributed by atoms with Gasteiger partial charge in [0.15, 0.2) is 5.03 Å². The van der Waals surface area contributed by atoms with Crippen molar-refractivity contribution in [3.8, 4) is 0 Å². The van der Waals surface area contributed by atoms with Gasteiger partial charge in [-0.05, 0) is 43.4 Å². The van der Waals surface area contributed by atoms with Crippen molar-refractivity contribution in [2.75, 3.05) is 13.6 Å². The number of hydrogen-bond acceptors (Lipinski definition) is 4. The van der Waals surface area contributed by atoms with Gasteiger partial charge in [-0.15, -0.1) is 0 Å². The molecule has 1 aliphatic rings. The van der Waals surface area contributed by atoms with E-state index in [2.05, 4.69) is 28.9 Å². The van der Waals surface area contributed by atoms with E-state index in [4.69, 9.17) is 0 Å². The molecule has 21 heavy (non-hydrogen) atoms. The number of rotatable bonds is 6. The van der Waals surface area contributed by atoms with Crippen molar-refractivity contribution in [3.05, 3.63) is 23.9 Å². The third-order valence-corrected chi connectivity index (χ3v) is 5.23. The number of pyridine rings is 1. The number of nitrogens with zero attached hydrogens (tertiary/aromatic N) is 1. The number of carbonyl (C=O) groups excluding carboxylic acids is 1. The van der Waals surface area contributed by atoms with Gasteiger partial charge in [-0.1, -0.05) is 13.8 Å². The largest absolute Gasteiger partial charge is 0.352 e. The summed E-state index contributed by atoms with van der Waals surface area (Å²) in [4.78, 5) is 15.8. The Balaban J connectivity index is 1.92. The van der Waals surface area contributed by atoms with Crippen molar-refractivity contribution >= 4 is 15.9 Å². The smallest absolute Gasteiger partial charge is 0.257 e. The number of carbonyl (C=O) groups is 1. The highest BCUT2D eigenvalue weighted by molar-refractivity contribution is 7.89. The highest BCUT2D eigenvalue weighted by Gasteiger charge is 2.38. The lowest BCUT2D eigenvalue weighted by molar-refractivity contribution is 0.0950. The van der Waals surface area contributed by atoms with E-state index in [0.717, 1.165) is 6.42 Å². The van der Waals surface area contributed by atoms with Crippen molar-refractivity contribution in [2.45, 2.75) is 25.3 Å². The Labute approximate surface area is 125 Å². The van der Waals surface area contributed by atoms with E-state index in [1.807, 2.05) is 0 Å². The van der Waals surface area contributed by atoms with E-state index >= 15 is 0 Å². The minimum Gasteiger partial charge on any atom is -0.352 e. The van der Waals surface area contributed by atoms with Crippen LogP contribution >= 0.6 is 0 Å². The molecule has 1 amide bonds. The van der Waals surface area contributed by atoms with Crippen LogP contribution in [-0.2, 0) is 10.0 Å². The molecule has 1 saturated carbocycles. The first-order chi connectivity index (χ1) is 9.85. The van der Waals surface area contributed by atoms with E-state index in [9.17, 15) is 13.2 Å². The van der Waals surface area contributed by atoms with Crippen LogP contribution in [-0.4, -0.2) is 32.9 Å². The third kappa shape index (κ3) is 3.79. The van der Waals surface area contributed by atoms with Gasteiger partial charge in [0.2, 0.25) is 0 Å². The number of amides is 1.